The van der Waals surface area contributed by atoms with Crippen molar-refractivity contribution in [2.75, 3.05) is 5.75 Å². The molecule has 0 amide bonds. The highest BCUT2D eigenvalue weighted by molar-refractivity contribution is 9.10. The van der Waals surface area contributed by atoms with Gasteiger partial charge in [-0.15, -0.1) is 11.8 Å². The first-order valence-electron chi connectivity index (χ1n) is 6.02. The highest BCUT2D eigenvalue weighted by atomic mass is 79.9. The third-order valence-electron chi connectivity index (χ3n) is 2.72. The van der Waals surface area contributed by atoms with Crippen LogP contribution in [0.25, 0.3) is 0 Å². The van der Waals surface area contributed by atoms with Gasteiger partial charge in [-0.3, -0.25) is 0 Å². The molecule has 0 bridgehead atoms. The number of rotatable bonds is 5. The third-order valence-corrected chi connectivity index (χ3v) is 4.82. The molecule has 100 valence electrons. The molecule has 0 spiro atoms. The predicted molar refractivity (Wildman–Crippen MR) is 88.0 cm³/mol. The summed E-state index contributed by atoms with van der Waals surface area (Å²) in [5.41, 5.74) is 7.28. The first-order valence-corrected chi connectivity index (χ1v) is 8.18. The molecule has 1 nitrogen and oxygen atoms in total. The molecular formula is C15H15BrClNS. The van der Waals surface area contributed by atoms with Gasteiger partial charge in [0.15, 0.2) is 0 Å². The van der Waals surface area contributed by atoms with Gasteiger partial charge in [0.25, 0.3) is 0 Å². The Hall–Kier alpha value is -0.480. The molecule has 0 saturated heterocycles. The average Bonchev–Trinajstić information content (AvgIpc) is 2.41. The summed E-state index contributed by atoms with van der Waals surface area (Å²) in [6, 6.07) is 16.3. The molecule has 2 aromatic rings. The first kappa shape index (κ1) is 14.9. The second-order valence-corrected chi connectivity index (χ2v) is 6.74. The van der Waals surface area contributed by atoms with E-state index in [9.17, 15) is 0 Å². The molecule has 0 fully saturated rings. The van der Waals surface area contributed by atoms with Gasteiger partial charge in [-0.2, -0.15) is 0 Å². The van der Waals surface area contributed by atoms with E-state index in [1.165, 1.54) is 4.90 Å². The molecule has 4 heteroatoms. The summed E-state index contributed by atoms with van der Waals surface area (Å²) >= 11 is 11.3. The maximum atomic E-state index is 6.16. The first-order chi connectivity index (χ1) is 9.15. The van der Waals surface area contributed by atoms with Crippen LogP contribution >= 0.6 is 39.3 Å². The fourth-order valence-electron chi connectivity index (χ4n) is 1.74. The molecule has 2 rings (SSSR count). The normalized spacial score (nSPS) is 12.4. The van der Waals surface area contributed by atoms with Crippen LogP contribution in [0, 0.1) is 0 Å². The Labute approximate surface area is 131 Å². The second-order valence-electron chi connectivity index (χ2n) is 4.32. The summed E-state index contributed by atoms with van der Waals surface area (Å²) in [4.78, 5) is 1.23. The molecular weight excluding hydrogens is 342 g/mol. The Morgan fingerprint density at radius 3 is 2.47 bits per heavy atom. The van der Waals surface area contributed by atoms with Gasteiger partial charge in [0.2, 0.25) is 0 Å². The van der Waals surface area contributed by atoms with Crippen LogP contribution in [0.4, 0.5) is 0 Å². The summed E-state index contributed by atoms with van der Waals surface area (Å²) in [5.74, 6) is 0.882. The van der Waals surface area contributed by atoms with Crippen molar-refractivity contribution in [2.24, 2.45) is 5.73 Å². The second kappa shape index (κ2) is 7.34. The lowest BCUT2D eigenvalue weighted by molar-refractivity contribution is 0.749. The number of thioether (sulfide) groups is 1. The summed E-state index contributed by atoms with van der Waals surface area (Å²) in [6.45, 7) is 0. The Balaban J connectivity index is 1.86. The van der Waals surface area contributed by atoms with Crippen molar-refractivity contribution in [1.82, 2.24) is 0 Å². The van der Waals surface area contributed by atoms with Crippen molar-refractivity contribution in [3.8, 4) is 0 Å². The van der Waals surface area contributed by atoms with Crippen molar-refractivity contribution in [2.45, 2.75) is 17.4 Å². The van der Waals surface area contributed by atoms with Crippen LogP contribution in [-0.4, -0.2) is 11.8 Å². The van der Waals surface area contributed by atoms with Crippen molar-refractivity contribution in [1.29, 1.82) is 0 Å². The minimum Gasteiger partial charge on any atom is -0.327 e. The van der Waals surface area contributed by atoms with E-state index in [0.29, 0.717) is 0 Å². The molecule has 0 aliphatic heterocycles. The van der Waals surface area contributed by atoms with E-state index in [1.807, 2.05) is 36.4 Å². The van der Waals surface area contributed by atoms with Gasteiger partial charge >= 0.3 is 0 Å². The van der Waals surface area contributed by atoms with Crippen LogP contribution in [0.5, 0.6) is 0 Å². The van der Waals surface area contributed by atoms with Gasteiger partial charge in [-0.1, -0.05) is 45.7 Å². The highest BCUT2D eigenvalue weighted by Gasteiger charge is 2.07. The van der Waals surface area contributed by atoms with E-state index in [1.54, 1.807) is 11.8 Å². The molecule has 0 aliphatic carbocycles. The van der Waals surface area contributed by atoms with Crippen LogP contribution < -0.4 is 5.73 Å². The zero-order valence-electron chi connectivity index (χ0n) is 10.4. The minimum absolute atomic E-state index is 0.105. The van der Waals surface area contributed by atoms with E-state index in [4.69, 9.17) is 17.3 Å². The van der Waals surface area contributed by atoms with Crippen LogP contribution in [0.15, 0.2) is 57.9 Å². The lowest BCUT2D eigenvalue weighted by Crippen LogP contribution is -2.25. The molecule has 2 aromatic carbocycles. The van der Waals surface area contributed by atoms with Crippen LogP contribution in [-0.2, 0) is 6.42 Å². The van der Waals surface area contributed by atoms with E-state index < -0.39 is 0 Å². The Morgan fingerprint density at radius 2 is 1.79 bits per heavy atom. The van der Waals surface area contributed by atoms with Gasteiger partial charge in [0.1, 0.15) is 0 Å². The molecule has 0 radical (unpaired) electrons. The minimum atomic E-state index is 0.105. The summed E-state index contributed by atoms with van der Waals surface area (Å²) in [5, 5.41) is 0.798. The largest absolute Gasteiger partial charge is 0.327 e. The van der Waals surface area contributed by atoms with Crippen molar-refractivity contribution < 1.29 is 0 Å². The smallest absolute Gasteiger partial charge is 0.0438 e. The summed E-state index contributed by atoms with van der Waals surface area (Å²) in [7, 11) is 0. The number of benzene rings is 2. The topological polar surface area (TPSA) is 26.0 Å². The number of hydrogen-bond donors (Lipinski definition) is 1. The quantitative estimate of drug-likeness (QED) is 0.781. The van der Waals surface area contributed by atoms with Crippen LogP contribution in [0.1, 0.15) is 5.56 Å². The number of hydrogen-bond acceptors (Lipinski definition) is 2. The zero-order valence-corrected chi connectivity index (χ0v) is 13.5. The summed E-state index contributed by atoms with van der Waals surface area (Å²) in [6.07, 6.45) is 0.809. The maximum Gasteiger partial charge on any atom is 0.0438 e. The maximum absolute atomic E-state index is 6.16. The Bertz CT molecular complexity index is 530. The molecule has 1 atom stereocenters. The molecule has 0 saturated carbocycles. The van der Waals surface area contributed by atoms with Crippen molar-refractivity contribution >= 4 is 39.3 Å². The van der Waals surface area contributed by atoms with Gasteiger partial charge in [-0.25, -0.2) is 0 Å². The van der Waals surface area contributed by atoms with E-state index >= 15 is 0 Å². The molecule has 0 aliphatic rings. The van der Waals surface area contributed by atoms with Crippen molar-refractivity contribution in [3.63, 3.8) is 0 Å². The van der Waals surface area contributed by atoms with E-state index in [0.717, 1.165) is 27.2 Å². The lowest BCUT2D eigenvalue weighted by Gasteiger charge is -2.12. The highest BCUT2D eigenvalue weighted by Crippen LogP contribution is 2.23. The van der Waals surface area contributed by atoms with E-state index in [-0.39, 0.29) is 6.04 Å². The van der Waals surface area contributed by atoms with Crippen LogP contribution in [0.3, 0.4) is 0 Å². The van der Waals surface area contributed by atoms with Gasteiger partial charge < -0.3 is 5.73 Å². The van der Waals surface area contributed by atoms with E-state index in [2.05, 4.69) is 28.1 Å². The molecule has 1 unspecified atom stereocenters. The Morgan fingerprint density at radius 1 is 1.11 bits per heavy atom. The molecule has 0 aromatic heterocycles. The molecule has 2 N–H and O–H groups in total. The average molecular weight is 357 g/mol. The lowest BCUT2D eigenvalue weighted by atomic mass is 10.1. The Kier molecular flexibility index (Phi) is 5.76. The number of nitrogens with two attached hydrogens (primary N) is 1. The monoisotopic (exact) mass is 355 g/mol. The predicted octanol–water partition coefficient (Wildman–Crippen LogP) is 4.76. The van der Waals surface area contributed by atoms with Crippen molar-refractivity contribution in [3.05, 3.63) is 63.6 Å². The van der Waals surface area contributed by atoms with Gasteiger partial charge in [0.05, 0.1) is 0 Å². The number of halogens is 2. The SMILES string of the molecule is NC(CSc1ccc(Br)cc1)Cc1ccccc1Cl. The summed E-state index contributed by atoms with van der Waals surface area (Å²) < 4.78 is 1.09. The van der Waals surface area contributed by atoms with Gasteiger partial charge in [-0.05, 0) is 42.3 Å². The molecule has 19 heavy (non-hydrogen) atoms. The fraction of sp³-hybridized carbons (Fsp3) is 0.200. The van der Waals surface area contributed by atoms with Gasteiger partial charge in [0, 0.05) is 26.2 Å². The zero-order chi connectivity index (χ0) is 13.7. The standard InChI is InChI=1S/C15H15BrClNS/c16-12-5-7-14(8-6-12)19-10-13(18)9-11-3-1-2-4-15(11)17/h1-8,13H,9-10,18H2. The fourth-order valence-corrected chi connectivity index (χ4v) is 3.07. The van der Waals surface area contributed by atoms with Crippen LogP contribution in [0.2, 0.25) is 5.02 Å². The molecule has 0 heterocycles. The third kappa shape index (κ3) is 4.84.